The minimum atomic E-state index is -0.270. The van der Waals surface area contributed by atoms with Gasteiger partial charge in [-0.15, -0.1) is 0 Å². The van der Waals surface area contributed by atoms with Gasteiger partial charge in [0.2, 0.25) is 5.88 Å². The van der Waals surface area contributed by atoms with E-state index in [1.54, 1.807) is 31.6 Å². The molecule has 0 aliphatic heterocycles. The lowest BCUT2D eigenvalue weighted by Gasteiger charge is -2.06. The Labute approximate surface area is 162 Å². The highest BCUT2D eigenvalue weighted by molar-refractivity contribution is 5.80. The highest BCUT2D eigenvalue weighted by Crippen LogP contribution is 2.21. The molecule has 0 spiro atoms. The van der Waals surface area contributed by atoms with Crippen LogP contribution < -0.4 is 4.74 Å². The zero-order valence-electron chi connectivity index (χ0n) is 15.9. The van der Waals surface area contributed by atoms with Crippen LogP contribution in [0.4, 0.5) is 4.39 Å². The molecule has 0 unspecified atom stereocenters. The Morgan fingerprint density at radius 2 is 1.86 bits per heavy atom. The lowest BCUT2D eigenvalue weighted by molar-refractivity contribution is 0.397. The Bertz CT molecular complexity index is 1110. The SMILES string of the molecule is COc1ccc(CCc2ncc(Cc3c[nH]c4ncc(C)cc34)cc2F)cn1. The van der Waals surface area contributed by atoms with E-state index in [0.29, 0.717) is 30.8 Å². The molecular weight excluding hydrogens is 355 g/mol. The molecule has 0 bridgehead atoms. The van der Waals surface area contributed by atoms with E-state index in [-0.39, 0.29) is 5.82 Å². The largest absolute Gasteiger partial charge is 0.481 e. The van der Waals surface area contributed by atoms with Crippen LogP contribution in [0, 0.1) is 12.7 Å². The van der Waals surface area contributed by atoms with Crippen LogP contribution >= 0.6 is 0 Å². The number of methoxy groups -OCH3 is 1. The molecular formula is C22H21FN4O. The molecule has 0 aliphatic rings. The third kappa shape index (κ3) is 3.86. The topological polar surface area (TPSA) is 63.7 Å². The highest BCUT2D eigenvalue weighted by Gasteiger charge is 2.10. The fourth-order valence-electron chi connectivity index (χ4n) is 3.26. The van der Waals surface area contributed by atoms with Crippen molar-refractivity contribution in [2.75, 3.05) is 7.11 Å². The van der Waals surface area contributed by atoms with E-state index in [0.717, 1.165) is 33.3 Å². The fourth-order valence-corrected chi connectivity index (χ4v) is 3.26. The first-order chi connectivity index (χ1) is 13.6. The van der Waals surface area contributed by atoms with Crippen molar-refractivity contribution in [2.24, 2.45) is 0 Å². The lowest BCUT2D eigenvalue weighted by atomic mass is 10.0. The number of hydrogen-bond donors (Lipinski definition) is 1. The molecule has 4 heterocycles. The molecule has 4 aromatic rings. The molecule has 5 nitrogen and oxygen atoms in total. The number of hydrogen-bond acceptors (Lipinski definition) is 4. The van der Waals surface area contributed by atoms with Crippen molar-refractivity contribution in [3.05, 3.63) is 82.8 Å². The summed E-state index contributed by atoms with van der Waals surface area (Å²) in [5.41, 5.74) is 5.36. The van der Waals surface area contributed by atoms with Gasteiger partial charge >= 0.3 is 0 Å². The molecule has 0 saturated carbocycles. The number of H-pyrrole nitrogens is 1. The Balaban J connectivity index is 1.46. The summed E-state index contributed by atoms with van der Waals surface area (Å²) in [5.74, 6) is 0.299. The number of aromatic amines is 1. The Morgan fingerprint density at radius 1 is 1.00 bits per heavy atom. The van der Waals surface area contributed by atoms with Gasteiger partial charge < -0.3 is 9.72 Å². The quantitative estimate of drug-likeness (QED) is 0.548. The Kier molecular flexibility index (Phi) is 5.02. The van der Waals surface area contributed by atoms with Gasteiger partial charge in [0.15, 0.2) is 0 Å². The normalized spacial score (nSPS) is 11.1. The van der Waals surface area contributed by atoms with E-state index in [1.165, 1.54) is 0 Å². The zero-order chi connectivity index (χ0) is 19.5. The maximum Gasteiger partial charge on any atom is 0.212 e. The Hall–Kier alpha value is -3.28. The monoisotopic (exact) mass is 376 g/mol. The van der Waals surface area contributed by atoms with E-state index in [4.69, 9.17) is 4.74 Å². The van der Waals surface area contributed by atoms with Gasteiger partial charge in [0.1, 0.15) is 11.5 Å². The number of ether oxygens (including phenoxy) is 1. The summed E-state index contributed by atoms with van der Waals surface area (Å²) in [6, 6.07) is 7.41. The molecule has 0 amide bonds. The van der Waals surface area contributed by atoms with Crippen molar-refractivity contribution in [3.8, 4) is 5.88 Å². The molecule has 0 fully saturated rings. The van der Waals surface area contributed by atoms with Crippen LogP contribution in [0.15, 0.2) is 49.1 Å². The number of rotatable bonds is 6. The van der Waals surface area contributed by atoms with Gasteiger partial charge in [0.25, 0.3) is 0 Å². The summed E-state index contributed by atoms with van der Waals surface area (Å²) in [7, 11) is 1.58. The van der Waals surface area contributed by atoms with Crippen LogP contribution in [0.2, 0.25) is 0 Å². The summed E-state index contributed by atoms with van der Waals surface area (Å²) < 4.78 is 19.6. The van der Waals surface area contributed by atoms with Crippen LogP contribution in [-0.2, 0) is 19.3 Å². The van der Waals surface area contributed by atoms with Crippen molar-refractivity contribution in [1.82, 2.24) is 19.9 Å². The smallest absolute Gasteiger partial charge is 0.212 e. The third-order valence-corrected chi connectivity index (χ3v) is 4.78. The Morgan fingerprint density at radius 3 is 2.61 bits per heavy atom. The minimum absolute atomic E-state index is 0.270. The van der Waals surface area contributed by atoms with Crippen molar-refractivity contribution >= 4 is 11.0 Å². The van der Waals surface area contributed by atoms with E-state index in [2.05, 4.69) is 26.0 Å². The molecule has 0 atom stereocenters. The van der Waals surface area contributed by atoms with Crippen LogP contribution in [0.25, 0.3) is 11.0 Å². The second-order valence-corrected chi connectivity index (χ2v) is 6.88. The van der Waals surface area contributed by atoms with Gasteiger partial charge in [-0.05, 0) is 54.2 Å². The molecule has 6 heteroatoms. The average molecular weight is 376 g/mol. The molecule has 4 aromatic heterocycles. The summed E-state index contributed by atoms with van der Waals surface area (Å²) in [6.45, 7) is 2.01. The van der Waals surface area contributed by atoms with Crippen molar-refractivity contribution < 1.29 is 9.13 Å². The number of pyridine rings is 3. The van der Waals surface area contributed by atoms with Gasteiger partial charge in [-0.3, -0.25) is 4.98 Å². The van der Waals surface area contributed by atoms with Gasteiger partial charge in [0, 0.05) is 42.7 Å². The first-order valence-electron chi connectivity index (χ1n) is 9.17. The molecule has 0 aliphatic carbocycles. The standard InChI is InChI=1S/C22H21FN4O/c1-14-7-18-17(13-27-22(18)26-10-14)8-16-9-19(23)20(24-12-16)5-3-15-4-6-21(28-2)25-11-15/h4,6-7,9-13H,3,5,8H2,1-2H3,(H,26,27). The maximum absolute atomic E-state index is 14.6. The van der Waals surface area contributed by atoms with E-state index in [1.807, 2.05) is 25.4 Å². The molecule has 1 N–H and O–H groups in total. The van der Waals surface area contributed by atoms with Crippen LogP contribution in [-0.4, -0.2) is 27.0 Å². The molecule has 28 heavy (non-hydrogen) atoms. The lowest BCUT2D eigenvalue weighted by Crippen LogP contribution is -2.01. The summed E-state index contributed by atoms with van der Waals surface area (Å²) in [6.07, 6.45) is 9.07. The highest BCUT2D eigenvalue weighted by atomic mass is 19.1. The fraction of sp³-hybridized carbons (Fsp3) is 0.227. The summed E-state index contributed by atoms with van der Waals surface area (Å²) in [5, 5.41) is 1.07. The zero-order valence-corrected chi connectivity index (χ0v) is 15.9. The first-order valence-corrected chi connectivity index (χ1v) is 9.17. The van der Waals surface area contributed by atoms with E-state index in [9.17, 15) is 4.39 Å². The van der Waals surface area contributed by atoms with Crippen LogP contribution in [0.5, 0.6) is 5.88 Å². The van der Waals surface area contributed by atoms with Crippen molar-refractivity contribution in [1.29, 1.82) is 0 Å². The van der Waals surface area contributed by atoms with Crippen molar-refractivity contribution in [3.63, 3.8) is 0 Å². The molecule has 4 rings (SSSR count). The number of nitrogens with zero attached hydrogens (tertiary/aromatic N) is 3. The van der Waals surface area contributed by atoms with E-state index < -0.39 is 0 Å². The third-order valence-electron chi connectivity index (χ3n) is 4.78. The minimum Gasteiger partial charge on any atom is -0.481 e. The molecule has 142 valence electrons. The summed E-state index contributed by atoms with van der Waals surface area (Å²) in [4.78, 5) is 16.1. The van der Waals surface area contributed by atoms with Gasteiger partial charge in [0.05, 0.1) is 12.8 Å². The average Bonchev–Trinajstić information content (AvgIpc) is 3.09. The van der Waals surface area contributed by atoms with Crippen LogP contribution in [0.1, 0.15) is 27.9 Å². The number of halogens is 1. The number of fused-ring (bicyclic) bond motifs is 1. The molecule has 0 aromatic carbocycles. The molecule has 0 radical (unpaired) electrons. The summed E-state index contributed by atoms with van der Waals surface area (Å²) >= 11 is 0. The van der Waals surface area contributed by atoms with Gasteiger partial charge in [-0.2, -0.15) is 0 Å². The van der Waals surface area contributed by atoms with Gasteiger partial charge in [-0.25, -0.2) is 14.4 Å². The predicted octanol–water partition coefficient (Wildman–Crippen LogP) is 4.19. The van der Waals surface area contributed by atoms with E-state index >= 15 is 0 Å². The van der Waals surface area contributed by atoms with Crippen molar-refractivity contribution in [2.45, 2.75) is 26.2 Å². The number of aromatic nitrogens is 4. The maximum atomic E-state index is 14.6. The number of aryl methyl sites for hydroxylation is 3. The second kappa shape index (κ2) is 7.76. The number of nitrogens with one attached hydrogen (secondary N) is 1. The first kappa shape index (κ1) is 18.1. The van der Waals surface area contributed by atoms with Gasteiger partial charge in [-0.1, -0.05) is 6.07 Å². The van der Waals surface area contributed by atoms with Crippen LogP contribution in [0.3, 0.4) is 0 Å². The molecule has 0 saturated heterocycles. The predicted molar refractivity (Wildman–Crippen MR) is 106 cm³/mol. The second-order valence-electron chi connectivity index (χ2n) is 6.88.